The molecule has 5 aliphatic rings. The summed E-state index contributed by atoms with van der Waals surface area (Å²) >= 11 is 4.51. The summed E-state index contributed by atoms with van der Waals surface area (Å²) in [7, 11) is 2.57. The molecule has 0 N–H and O–H groups in total. The second kappa shape index (κ2) is 7.50. The molecule has 334 valence electrons. The van der Waals surface area contributed by atoms with Crippen LogP contribution in [0.2, 0.25) is 0 Å². The van der Waals surface area contributed by atoms with Crippen molar-refractivity contribution in [2.75, 3.05) is 26.0 Å². The van der Waals surface area contributed by atoms with Crippen molar-refractivity contribution in [1.29, 1.82) is 0 Å². The number of thiol groups is 1. The molecule has 3 heteroatoms. The van der Waals surface area contributed by atoms with E-state index in [1.54, 1.807) is 313 Å². The third-order valence-electron chi connectivity index (χ3n) is 27.2. The number of ether oxygens (including phenoxy) is 1. The fourth-order valence-electron chi connectivity index (χ4n) is 26.9. The van der Waals surface area contributed by atoms with Gasteiger partial charge in [0.05, 0.1) is 17.4 Å². The van der Waals surface area contributed by atoms with Crippen molar-refractivity contribution in [2.45, 2.75) is 36.1 Å². The Morgan fingerprint density at radius 3 is 0.844 bits per heavy atom. The van der Waals surface area contributed by atoms with Gasteiger partial charge in [0.25, 0.3) is 0 Å². The lowest BCUT2D eigenvalue weighted by Gasteiger charge is -2.52. The first kappa shape index (κ1) is 31.1. The molecule has 0 saturated carbocycles. The third kappa shape index (κ3) is 1.83. The molecule has 1 saturated heterocycles. The van der Waals surface area contributed by atoms with Crippen molar-refractivity contribution in [3.05, 3.63) is 52.1 Å². The maximum absolute atomic E-state index is 6.60. The minimum absolute atomic E-state index is 0.127. The molecule has 0 radical (unpaired) electrons. The highest BCUT2D eigenvalue weighted by atomic mass is 32.1. The molecule has 29 aromatic carbocycles. The standard InChI is InChI=1S/C74H21NOS/c1-75-11-73-68-60-52-42-32-24-16-14-15-18-22-20(16)28-36-30(22)40-34-26(18)27-19(15)23-21-17(14)25(24)33-39-29(21)37-31(23)41-35(27)45-44(34)56-50(40)58-48(36)54(46(52)38(28)32)62(68)64(58)70-66(56)67-57(45)51(41)59-49(37)55-47(39)53(43(33)42)61(60)69(73)63(55)65(59)71(67)74(70,73)72(75)12-5-7-13(8-6-12)76-9-3-2-4-10-77/h5-8,72,77H,2-4,9-11H2,1H3. The third-order valence-corrected chi connectivity index (χ3v) is 27.5. The number of likely N-dealkylation sites (tertiary alicyclic amines) is 1. The molecule has 0 aromatic heterocycles. The molecule has 77 heavy (non-hydrogen) atoms. The fourth-order valence-corrected chi connectivity index (χ4v) is 27.1. The van der Waals surface area contributed by atoms with Crippen molar-refractivity contribution in [2.24, 2.45) is 0 Å². The number of nitrogens with zero attached hydrogens (tertiary/aromatic N) is 1. The van der Waals surface area contributed by atoms with Gasteiger partial charge in [-0.1, -0.05) is 12.1 Å². The predicted octanol–water partition coefficient (Wildman–Crippen LogP) is 19.5. The van der Waals surface area contributed by atoms with Crippen LogP contribution in [-0.4, -0.2) is 30.9 Å². The zero-order valence-corrected chi connectivity index (χ0v) is 41.3. The van der Waals surface area contributed by atoms with Crippen LogP contribution in [0.25, 0.3) is 291 Å². The van der Waals surface area contributed by atoms with Gasteiger partial charge in [-0.3, -0.25) is 4.90 Å². The van der Waals surface area contributed by atoms with Crippen LogP contribution in [0.1, 0.15) is 53.1 Å². The van der Waals surface area contributed by atoms with E-state index in [-0.39, 0.29) is 16.9 Å². The summed E-state index contributed by atoms with van der Waals surface area (Å²) in [6, 6.07) is 9.92. The normalized spacial score (nSPS) is 22.8. The number of hydrogen-bond acceptors (Lipinski definition) is 3. The molecule has 1 heterocycles. The van der Waals surface area contributed by atoms with Gasteiger partial charge in [0.15, 0.2) is 0 Å². The second-order valence-corrected chi connectivity index (χ2v) is 28.4. The molecule has 1 unspecified atom stereocenters. The molecule has 0 bridgehead atoms. The van der Waals surface area contributed by atoms with Crippen LogP contribution in [-0.2, 0) is 10.8 Å². The van der Waals surface area contributed by atoms with Crippen molar-refractivity contribution in [3.63, 3.8) is 0 Å². The number of unbranched alkanes of at least 4 members (excludes halogenated alkanes) is 2. The fraction of sp³-hybridized carbons (Fsp3) is 0.135. The first-order chi connectivity index (χ1) is 38.3. The summed E-state index contributed by atoms with van der Waals surface area (Å²) in [5.74, 6) is 1.95. The van der Waals surface area contributed by atoms with Crippen molar-refractivity contribution in [3.8, 4) is 5.75 Å². The van der Waals surface area contributed by atoms with E-state index < -0.39 is 0 Å². The smallest absolute Gasteiger partial charge is 0.119 e. The van der Waals surface area contributed by atoms with Crippen molar-refractivity contribution >= 4 is 303 Å². The topological polar surface area (TPSA) is 12.5 Å². The molecule has 29 aromatic rings. The summed E-state index contributed by atoms with van der Waals surface area (Å²) in [4.78, 5) is 2.94. The average molecular weight is 972 g/mol. The van der Waals surface area contributed by atoms with Crippen LogP contribution in [0.5, 0.6) is 5.75 Å². The highest BCUT2D eigenvalue weighted by Gasteiger charge is 2.75. The van der Waals surface area contributed by atoms with E-state index >= 15 is 0 Å². The summed E-state index contributed by atoms with van der Waals surface area (Å²) in [6.07, 6.45) is 3.37. The number of benzene rings is 19. The predicted molar refractivity (Wildman–Crippen MR) is 329 cm³/mol. The Hall–Kier alpha value is -8.21. The van der Waals surface area contributed by atoms with Crippen LogP contribution in [0, 0.1) is 0 Å². The second-order valence-electron chi connectivity index (χ2n) is 28.0. The Bertz CT molecular complexity index is 7370. The number of hydrogen-bond donors (Lipinski definition) is 1. The first-order valence-electron chi connectivity index (χ1n) is 29.1. The molecule has 0 amide bonds. The Morgan fingerprint density at radius 1 is 0.338 bits per heavy atom. The molecule has 2 spiro atoms. The average Bonchev–Trinajstić information content (AvgIpc) is 1.46. The lowest BCUT2D eigenvalue weighted by atomic mass is 9.47. The van der Waals surface area contributed by atoms with E-state index in [1.807, 2.05) is 0 Å². The molecule has 1 aliphatic heterocycles. The van der Waals surface area contributed by atoms with Crippen LogP contribution in [0.4, 0.5) is 0 Å². The van der Waals surface area contributed by atoms with Gasteiger partial charge in [-0.25, -0.2) is 0 Å². The van der Waals surface area contributed by atoms with Gasteiger partial charge in [0.2, 0.25) is 0 Å². The Labute approximate surface area is 430 Å². The molecule has 2 nitrogen and oxygen atoms in total. The highest BCUT2D eigenvalue weighted by Crippen LogP contribution is 2.87. The van der Waals surface area contributed by atoms with Gasteiger partial charge in [0, 0.05) is 12.6 Å². The van der Waals surface area contributed by atoms with Gasteiger partial charge in [0.1, 0.15) is 5.75 Å². The highest BCUT2D eigenvalue weighted by molar-refractivity contribution is 7.80. The Morgan fingerprint density at radius 2 is 0.584 bits per heavy atom. The molecule has 1 fully saturated rings. The van der Waals surface area contributed by atoms with E-state index in [2.05, 4.69) is 48.8 Å². The largest absolute Gasteiger partial charge is 0.494 e. The monoisotopic (exact) mass is 971 g/mol. The van der Waals surface area contributed by atoms with Gasteiger partial charge in [-0.2, -0.15) is 12.6 Å². The summed E-state index contributed by atoms with van der Waals surface area (Å²) < 4.78 is 6.60. The lowest BCUT2D eigenvalue weighted by molar-refractivity contribution is 0.270. The Kier molecular flexibility index (Phi) is 3.03. The molecule has 4 aliphatic carbocycles. The maximum Gasteiger partial charge on any atom is 0.119 e. The molecular weight excluding hydrogens is 951 g/mol. The van der Waals surface area contributed by atoms with E-state index in [9.17, 15) is 0 Å². The zero-order chi connectivity index (χ0) is 46.6. The summed E-state index contributed by atoms with van der Waals surface area (Å²) in [5, 5.41) is 90.0. The maximum atomic E-state index is 6.60. The van der Waals surface area contributed by atoms with E-state index in [0.717, 1.165) is 43.9 Å². The quantitative estimate of drug-likeness (QED) is 0.0971. The zero-order valence-electron chi connectivity index (χ0n) is 40.4. The van der Waals surface area contributed by atoms with Gasteiger partial charge in [-0.05, 0) is 363 Å². The van der Waals surface area contributed by atoms with Gasteiger partial charge in [-0.15, -0.1) is 0 Å². The first-order valence-corrected chi connectivity index (χ1v) is 29.7. The minimum Gasteiger partial charge on any atom is -0.494 e. The minimum atomic E-state index is -0.345. The van der Waals surface area contributed by atoms with Crippen molar-refractivity contribution < 1.29 is 4.74 Å². The van der Waals surface area contributed by atoms with Crippen LogP contribution in [0.15, 0.2) is 24.3 Å². The SMILES string of the molecule is CN1CC23c4c5c6c7c8c9c(c%10c%11c2c2c4c4c%12c5c5c6c6c8c8c%13c9c9c%10c%10c%11c%11c2c2c4c4c%12c%12c5c5c6c8c6c8c%13c9c9c%10c%10c%11c2c2c4c4c%12c5c6c5c8c9c%10c2c45)C73C1c1ccc(OCCCCCS)cc1. The van der Waals surface area contributed by atoms with E-state index in [1.165, 1.54) is 5.56 Å². The summed E-state index contributed by atoms with van der Waals surface area (Å²) in [6.45, 7) is 1.78. The van der Waals surface area contributed by atoms with Crippen molar-refractivity contribution in [1.82, 2.24) is 4.90 Å². The molecular formula is C74H21NOS. The van der Waals surface area contributed by atoms with Crippen LogP contribution in [0.3, 0.4) is 0 Å². The van der Waals surface area contributed by atoms with Crippen LogP contribution >= 0.6 is 12.6 Å². The number of likely N-dealkylation sites (N-methyl/N-ethyl adjacent to an activating group) is 1. The van der Waals surface area contributed by atoms with Gasteiger partial charge < -0.3 is 4.74 Å². The molecule has 1 atom stereocenters. The van der Waals surface area contributed by atoms with Gasteiger partial charge >= 0.3 is 0 Å². The Balaban J connectivity index is 1.01. The number of rotatable bonds is 7. The lowest BCUT2D eigenvalue weighted by Crippen LogP contribution is -2.51. The molecule has 34 rings (SSSR count). The summed E-state index contributed by atoms with van der Waals surface area (Å²) in [5.41, 5.74) is 7.88. The van der Waals surface area contributed by atoms with Crippen LogP contribution < -0.4 is 4.74 Å². The van der Waals surface area contributed by atoms with E-state index in [0.29, 0.717) is 0 Å². The van der Waals surface area contributed by atoms with E-state index in [4.69, 9.17) is 4.74 Å².